The number of benzene rings is 2. The highest BCUT2D eigenvalue weighted by Crippen LogP contribution is 2.26. The third-order valence-corrected chi connectivity index (χ3v) is 4.78. The molecule has 0 bridgehead atoms. The molecule has 0 aliphatic carbocycles. The van der Waals surface area contributed by atoms with Gasteiger partial charge < -0.3 is 9.64 Å². The number of hydrogen-bond acceptors (Lipinski definition) is 5. The molecular weight excluding hydrogens is 366 g/mol. The Labute approximate surface area is 171 Å². The molecule has 0 atom stereocenters. The van der Waals surface area contributed by atoms with Crippen LogP contribution in [0.3, 0.4) is 0 Å². The minimum atomic E-state index is -0.203. The molecule has 2 aromatic rings. The van der Waals surface area contributed by atoms with Crippen molar-refractivity contribution in [2.24, 2.45) is 4.99 Å². The van der Waals surface area contributed by atoms with Gasteiger partial charge in [0, 0.05) is 44.7 Å². The number of ether oxygens (including phenoxy) is 1. The Hall–Kier alpha value is -3.37. The van der Waals surface area contributed by atoms with Crippen LogP contribution in [0.5, 0.6) is 5.75 Å². The highest BCUT2D eigenvalue weighted by molar-refractivity contribution is 6.06. The fourth-order valence-electron chi connectivity index (χ4n) is 3.17. The number of para-hydroxylation sites is 2. The molecule has 1 aliphatic rings. The Balaban J connectivity index is 1.81. The molecule has 1 heterocycles. The van der Waals surface area contributed by atoms with Crippen molar-refractivity contribution in [3.8, 4) is 11.8 Å². The van der Waals surface area contributed by atoms with Crippen molar-refractivity contribution in [2.45, 2.75) is 6.42 Å². The Morgan fingerprint density at radius 3 is 2.48 bits per heavy atom. The van der Waals surface area contributed by atoms with Gasteiger partial charge in [-0.1, -0.05) is 30.3 Å². The van der Waals surface area contributed by atoms with E-state index in [9.17, 15) is 4.79 Å². The quantitative estimate of drug-likeness (QED) is 0.626. The van der Waals surface area contributed by atoms with Gasteiger partial charge in [-0.3, -0.25) is 15.0 Å². The predicted molar refractivity (Wildman–Crippen MR) is 112 cm³/mol. The third kappa shape index (κ3) is 5.56. The summed E-state index contributed by atoms with van der Waals surface area (Å²) < 4.78 is 5.41. The van der Waals surface area contributed by atoms with Crippen LogP contribution in [-0.4, -0.2) is 61.5 Å². The van der Waals surface area contributed by atoms with Crippen molar-refractivity contribution in [3.05, 3.63) is 60.2 Å². The van der Waals surface area contributed by atoms with Gasteiger partial charge in [-0.05, 0) is 24.3 Å². The van der Waals surface area contributed by atoms with E-state index in [1.807, 2.05) is 42.5 Å². The van der Waals surface area contributed by atoms with Crippen LogP contribution in [0.2, 0.25) is 0 Å². The number of carbonyl (C=O) groups is 1. The number of aliphatic imine (C=N–C) groups is 1. The maximum Gasteiger partial charge on any atom is 0.257 e. The van der Waals surface area contributed by atoms with Crippen LogP contribution in [0.15, 0.2) is 59.6 Å². The zero-order chi connectivity index (χ0) is 20.5. The lowest BCUT2D eigenvalue weighted by Crippen LogP contribution is -2.53. The molecule has 29 heavy (non-hydrogen) atoms. The van der Waals surface area contributed by atoms with Gasteiger partial charge in [-0.15, -0.1) is 0 Å². The number of guanidine groups is 1. The summed E-state index contributed by atoms with van der Waals surface area (Å²) in [5.74, 6) is 0.945. The first kappa shape index (κ1) is 20.4. The van der Waals surface area contributed by atoms with E-state index in [4.69, 9.17) is 15.0 Å². The molecule has 3 rings (SSSR count). The van der Waals surface area contributed by atoms with Crippen LogP contribution in [0, 0.1) is 11.3 Å². The van der Waals surface area contributed by atoms with E-state index in [1.165, 1.54) is 0 Å². The standard InChI is InChI=1S/C22H25N5O2/c1-29-20-11-6-5-10-19(20)24-22(25-21(28)18-8-3-2-4-9-18)27-16-14-26(15-17-27)13-7-12-23/h2-6,8-11H,7,13-17H2,1H3,(H,24,25,28). The normalized spacial score (nSPS) is 14.9. The summed E-state index contributed by atoms with van der Waals surface area (Å²) in [5, 5.41) is 11.8. The molecule has 0 unspecified atom stereocenters. The Bertz CT molecular complexity index is 884. The minimum absolute atomic E-state index is 0.203. The third-order valence-electron chi connectivity index (χ3n) is 4.78. The van der Waals surface area contributed by atoms with Gasteiger partial charge >= 0.3 is 0 Å². The van der Waals surface area contributed by atoms with Gasteiger partial charge in [0.1, 0.15) is 11.4 Å². The highest BCUT2D eigenvalue weighted by Gasteiger charge is 2.22. The van der Waals surface area contributed by atoms with E-state index in [0.29, 0.717) is 42.5 Å². The van der Waals surface area contributed by atoms with E-state index in [0.717, 1.165) is 19.6 Å². The topological polar surface area (TPSA) is 81.0 Å². The molecule has 7 heteroatoms. The fourth-order valence-corrected chi connectivity index (χ4v) is 3.17. The molecule has 0 radical (unpaired) electrons. The Morgan fingerprint density at radius 2 is 1.79 bits per heavy atom. The van der Waals surface area contributed by atoms with Crippen molar-refractivity contribution in [1.29, 1.82) is 5.26 Å². The predicted octanol–water partition coefficient (Wildman–Crippen LogP) is 2.64. The van der Waals surface area contributed by atoms with Gasteiger partial charge in [0.25, 0.3) is 5.91 Å². The SMILES string of the molecule is COc1ccccc1N=C(NC(=O)c1ccccc1)N1CCN(CCC#N)CC1. The molecule has 1 aliphatic heterocycles. The van der Waals surface area contributed by atoms with Crippen molar-refractivity contribution in [1.82, 2.24) is 15.1 Å². The van der Waals surface area contributed by atoms with Crippen molar-refractivity contribution in [3.63, 3.8) is 0 Å². The minimum Gasteiger partial charge on any atom is -0.494 e. The lowest BCUT2D eigenvalue weighted by Gasteiger charge is -2.36. The molecule has 2 aromatic carbocycles. The maximum absolute atomic E-state index is 12.8. The number of hydrogen-bond donors (Lipinski definition) is 1. The first-order valence-corrected chi connectivity index (χ1v) is 9.63. The molecule has 0 spiro atoms. The number of nitriles is 1. The summed E-state index contributed by atoms with van der Waals surface area (Å²) in [5.41, 5.74) is 1.23. The van der Waals surface area contributed by atoms with Crippen LogP contribution in [0.25, 0.3) is 0 Å². The molecule has 1 amide bonds. The molecule has 7 nitrogen and oxygen atoms in total. The van der Waals surface area contributed by atoms with Crippen LogP contribution < -0.4 is 10.1 Å². The monoisotopic (exact) mass is 391 g/mol. The first-order valence-electron chi connectivity index (χ1n) is 9.63. The zero-order valence-corrected chi connectivity index (χ0v) is 16.5. The average Bonchev–Trinajstić information content (AvgIpc) is 2.78. The molecule has 1 N–H and O–H groups in total. The zero-order valence-electron chi connectivity index (χ0n) is 16.5. The number of nitrogens with zero attached hydrogens (tertiary/aromatic N) is 4. The summed E-state index contributed by atoms with van der Waals surface area (Å²) in [6.07, 6.45) is 0.521. The van der Waals surface area contributed by atoms with Gasteiger partial charge in [0.2, 0.25) is 5.96 Å². The van der Waals surface area contributed by atoms with Gasteiger partial charge in [0.05, 0.1) is 13.2 Å². The number of amides is 1. The van der Waals surface area contributed by atoms with E-state index in [1.54, 1.807) is 19.2 Å². The smallest absolute Gasteiger partial charge is 0.257 e. The van der Waals surface area contributed by atoms with Crippen LogP contribution in [-0.2, 0) is 0 Å². The summed E-state index contributed by atoms with van der Waals surface area (Å²) in [6.45, 7) is 3.82. The van der Waals surface area contributed by atoms with Crippen LogP contribution >= 0.6 is 0 Å². The van der Waals surface area contributed by atoms with E-state index < -0.39 is 0 Å². The number of rotatable bonds is 5. The van der Waals surface area contributed by atoms with E-state index in [2.05, 4.69) is 21.2 Å². The number of carbonyl (C=O) groups excluding carboxylic acids is 1. The highest BCUT2D eigenvalue weighted by atomic mass is 16.5. The van der Waals surface area contributed by atoms with Crippen molar-refractivity contribution >= 4 is 17.6 Å². The van der Waals surface area contributed by atoms with Crippen LogP contribution in [0.4, 0.5) is 5.69 Å². The molecule has 0 saturated carbocycles. The second-order valence-electron chi connectivity index (χ2n) is 6.66. The molecular formula is C22H25N5O2. The first-order chi connectivity index (χ1) is 14.2. The van der Waals surface area contributed by atoms with Gasteiger partial charge in [-0.2, -0.15) is 5.26 Å². The van der Waals surface area contributed by atoms with Gasteiger partial charge in [-0.25, -0.2) is 4.99 Å². The second-order valence-corrected chi connectivity index (χ2v) is 6.66. The molecule has 1 saturated heterocycles. The largest absolute Gasteiger partial charge is 0.494 e. The Kier molecular flexibility index (Phi) is 7.20. The van der Waals surface area contributed by atoms with Crippen molar-refractivity contribution in [2.75, 3.05) is 39.8 Å². The molecule has 0 aromatic heterocycles. The lowest BCUT2D eigenvalue weighted by atomic mass is 10.2. The lowest BCUT2D eigenvalue weighted by molar-refractivity contribution is 0.0968. The Morgan fingerprint density at radius 1 is 1.10 bits per heavy atom. The van der Waals surface area contributed by atoms with Gasteiger partial charge in [0.15, 0.2) is 0 Å². The number of nitrogens with one attached hydrogen (secondary N) is 1. The molecule has 150 valence electrons. The van der Waals surface area contributed by atoms with Crippen molar-refractivity contribution < 1.29 is 9.53 Å². The van der Waals surface area contributed by atoms with Crippen LogP contribution in [0.1, 0.15) is 16.8 Å². The summed E-state index contributed by atoms with van der Waals surface area (Å²) in [7, 11) is 1.60. The molecule has 1 fully saturated rings. The number of piperazine rings is 1. The average molecular weight is 391 g/mol. The maximum atomic E-state index is 12.8. The summed E-state index contributed by atoms with van der Waals surface area (Å²) in [6, 6.07) is 18.7. The second kappa shape index (κ2) is 10.2. The number of methoxy groups -OCH3 is 1. The summed E-state index contributed by atoms with van der Waals surface area (Å²) in [4.78, 5) is 21.8. The van der Waals surface area contributed by atoms with E-state index in [-0.39, 0.29) is 5.91 Å². The van der Waals surface area contributed by atoms with E-state index >= 15 is 0 Å². The fraction of sp³-hybridized carbons (Fsp3) is 0.318. The summed E-state index contributed by atoms with van der Waals surface area (Å²) >= 11 is 0.